The van der Waals surface area contributed by atoms with E-state index < -0.39 is 0 Å². The van der Waals surface area contributed by atoms with Gasteiger partial charge in [0.05, 0.1) is 5.69 Å². The topological polar surface area (TPSA) is 41.8 Å². The van der Waals surface area contributed by atoms with Crippen LogP contribution < -0.4 is 5.73 Å². The molecule has 13 heavy (non-hydrogen) atoms. The lowest BCUT2D eigenvalue weighted by atomic mass is 10.1. The fraction of sp³-hybridized carbons (Fsp3) is 0.200. The summed E-state index contributed by atoms with van der Waals surface area (Å²) in [4.78, 5) is 3.06. The summed E-state index contributed by atoms with van der Waals surface area (Å²) in [5, 5.41) is 0.925. The number of aromatic amines is 1. The number of nitrogen functional groups attached to an aromatic ring is 1. The second-order valence-electron chi connectivity index (χ2n) is 3.09. The van der Waals surface area contributed by atoms with Crippen LogP contribution in [0.25, 0.3) is 10.9 Å². The number of nitrogens with one attached hydrogen (secondary N) is 1. The fourth-order valence-corrected chi connectivity index (χ4v) is 1.51. The highest BCUT2D eigenvalue weighted by Crippen LogP contribution is 2.23. The van der Waals surface area contributed by atoms with Crippen molar-refractivity contribution < 1.29 is 4.39 Å². The first-order valence-corrected chi connectivity index (χ1v) is 4.27. The maximum atomic E-state index is 13.1. The van der Waals surface area contributed by atoms with E-state index in [0.717, 1.165) is 22.9 Å². The van der Waals surface area contributed by atoms with Gasteiger partial charge in [0, 0.05) is 17.1 Å². The van der Waals surface area contributed by atoms with Crippen molar-refractivity contribution in [1.82, 2.24) is 4.98 Å². The Kier molecular flexibility index (Phi) is 1.72. The number of rotatable bonds is 1. The second-order valence-corrected chi connectivity index (χ2v) is 3.09. The molecule has 68 valence electrons. The Balaban J connectivity index is 2.77. The van der Waals surface area contributed by atoms with Gasteiger partial charge in [0.1, 0.15) is 5.82 Å². The minimum absolute atomic E-state index is 0.192. The van der Waals surface area contributed by atoms with E-state index in [9.17, 15) is 4.39 Å². The molecule has 2 rings (SSSR count). The Bertz CT molecular complexity index is 445. The van der Waals surface area contributed by atoms with E-state index in [1.165, 1.54) is 6.07 Å². The quantitative estimate of drug-likeness (QED) is 0.647. The molecule has 1 aromatic heterocycles. The van der Waals surface area contributed by atoms with Crippen LogP contribution in [-0.2, 0) is 6.42 Å². The van der Waals surface area contributed by atoms with Crippen LogP contribution in [0.3, 0.4) is 0 Å². The van der Waals surface area contributed by atoms with E-state index in [4.69, 9.17) is 5.73 Å². The SMILES string of the molecule is CCc1c[nH]c2cc(N)c(F)cc12. The summed E-state index contributed by atoms with van der Waals surface area (Å²) in [5.41, 5.74) is 7.65. The summed E-state index contributed by atoms with van der Waals surface area (Å²) >= 11 is 0. The van der Waals surface area contributed by atoms with Gasteiger partial charge in [-0.2, -0.15) is 0 Å². The first-order valence-electron chi connectivity index (χ1n) is 4.27. The molecule has 2 nitrogen and oxygen atoms in total. The lowest BCUT2D eigenvalue weighted by Gasteiger charge is -1.97. The summed E-state index contributed by atoms with van der Waals surface area (Å²) in [6.07, 6.45) is 2.78. The number of aryl methyl sites for hydroxylation is 1. The monoisotopic (exact) mass is 178 g/mol. The summed E-state index contributed by atoms with van der Waals surface area (Å²) in [6, 6.07) is 3.11. The number of halogens is 1. The number of nitrogens with two attached hydrogens (primary N) is 1. The van der Waals surface area contributed by atoms with E-state index in [-0.39, 0.29) is 11.5 Å². The predicted octanol–water partition coefficient (Wildman–Crippen LogP) is 2.45. The van der Waals surface area contributed by atoms with Crippen LogP contribution in [0.2, 0.25) is 0 Å². The molecule has 0 bridgehead atoms. The lowest BCUT2D eigenvalue weighted by molar-refractivity contribution is 0.634. The number of fused-ring (bicyclic) bond motifs is 1. The van der Waals surface area contributed by atoms with Crippen LogP contribution in [0, 0.1) is 5.82 Å². The van der Waals surface area contributed by atoms with Gasteiger partial charge in [-0.25, -0.2) is 4.39 Å². The van der Waals surface area contributed by atoms with Gasteiger partial charge in [0.25, 0.3) is 0 Å². The van der Waals surface area contributed by atoms with Gasteiger partial charge in [-0.05, 0) is 24.1 Å². The largest absolute Gasteiger partial charge is 0.396 e. The molecule has 1 heterocycles. The van der Waals surface area contributed by atoms with Crippen LogP contribution in [0.4, 0.5) is 10.1 Å². The number of hydrogen-bond acceptors (Lipinski definition) is 1. The first-order chi connectivity index (χ1) is 6.22. The molecule has 3 heteroatoms. The third kappa shape index (κ3) is 1.16. The van der Waals surface area contributed by atoms with Crippen molar-refractivity contribution in [3.05, 3.63) is 29.7 Å². The van der Waals surface area contributed by atoms with E-state index in [1.54, 1.807) is 6.07 Å². The molecule has 1 aromatic carbocycles. The summed E-state index contributed by atoms with van der Waals surface area (Å²) in [5.74, 6) is -0.346. The van der Waals surface area contributed by atoms with Gasteiger partial charge >= 0.3 is 0 Å². The molecule has 0 saturated heterocycles. The minimum atomic E-state index is -0.346. The zero-order chi connectivity index (χ0) is 9.42. The average molecular weight is 178 g/mol. The third-order valence-corrected chi connectivity index (χ3v) is 2.27. The Hall–Kier alpha value is -1.51. The Morgan fingerprint density at radius 1 is 1.46 bits per heavy atom. The van der Waals surface area contributed by atoms with Crippen molar-refractivity contribution in [1.29, 1.82) is 0 Å². The minimum Gasteiger partial charge on any atom is -0.396 e. The molecule has 0 atom stereocenters. The van der Waals surface area contributed by atoms with Gasteiger partial charge in [0.2, 0.25) is 0 Å². The van der Waals surface area contributed by atoms with Crippen molar-refractivity contribution in [2.75, 3.05) is 5.73 Å². The zero-order valence-corrected chi connectivity index (χ0v) is 7.39. The number of hydrogen-bond donors (Lipinski definition) is 2. The zero-order valence-electron chi connectivity index (χ0n) is 7.39. The van der Waals surface area contributed by atoms with Crippen LogP contribution in [0.5, 0.6) is 0 Å². The Morgan fingerprint density at radius 2 is 2.23 bits per heavy atom. The van der Waals surface area contributed by atoms with Crippen molar-refractivity contribution in [2.45, 2.75) is 13.3 Å². The van der Waals surface area contributed by atoms with E-state index in [0.29, 0.717) is 0 Å². The first kappa shape index (κ1) is 8.10. The standard InChI is InChI=1S/C10H11FN2/c1-2-6-5-13-10-4-9(12)8(11)3-7(6)10/h3-5,13H,2,12H2,1H3. The molecule has 0 aliphatic heterocycles. The van der Waals surface area contributed by atoms with Gasteiger partial charge in [-0.3, -0.25) is 0 Å². The Morgan fingerprint density at radius 3 is 2.92 bits per heavy atom. The Labute approximate surface area is 75.6 Å². The molecule has 0 radical (unpaired) electrons. The van der Waals surface area contributed by atoms with Crippen molar-refractivity contribution in [3.63, 3.8) is 0 Å². The van der Waals surface area contributed by atoms with Gasteiger partial charge < -0.3 is 10.7 Å². The van der Waals surface area contributed by atoms with Crippen LogP contribution >= 0.6 is 0 Å². The van der Waals surface area contributed by atoms with Crippen LogP contribution in [0.15, 0.2) is 18.3 Å². The van der Waals surface area contributed by atoms with Crippen molar-refractivity contribution >= 4 is 16.6 Å². The van der Waals surface area contributed by atoms with Crippen LogP contribution in [-0.4, -0.2) is 4.98 Å². The van der Waals surface area contributed by atoms with Crippen molar-refractivity contribution in [2.24, 2.45) is 0 Å². The van der Waals surface area contributed by atoms with Gasteiger partial charge in [-0.1, -0.05) is 6.92 Å². The van der Waals surface area contributed by atoms with Crippen molar-refractivity contribution in [3.8, 4) is 0 Å². The number of aromatic nitrogens is 1. The highest BCUT2D eigenvalue weighted by atomic mass is 19.1. The molecule has 0 amide bonds. The normalized spacial score (nSPS) is 10.9. The highest BCUT2D eigenvalue weighted by molar-refractivity contribution is 5.86. The molecule has 3 N–H and O–H groups in total. The molecule has 0 aliphatic carbocycles. The van der Waals surface area contributed by atoms with E-state index in [2.05, 4.69) is 4.98 Å². The smallest absolute Gasteiger partial charge is 0.146 e. The summed E-state index contributed by atoms with van der Waals surface area (Å²) in [7, 11) is 0. The number of anilines is 1. The van der Waals surface area contributed by atoms with E-state index in [1.807, 2.05) is 13.1 Å². The molecular formula is C10H11FN2. The summed E-state index contributed by atoms with van der Waals surface area (Å²) in [6.45, 7) is 2.04. The number of benzene rings is 1. The molecule has 0 saturated carbocycles. The lowest BCUT2D eigenvalue weighted by Crippen LogP contribution is -1.89. The van der Waals surface area contributed by atoms with E-state index >= 15 is 0 Å². The maximum Gasteiger partial charge on any atom is 0.146 e. The molecule has 0 fully saturated rings. The number of H-pyrrole nitrogens is 1. The highest BCUT2D eigenvalue weighted by Gasteiger charge is 2.05. The molecule has 2 aromatic rings. The second kappa shape index (κ2) is 2.76. The molecule has 0 spiro atoms. The molecule has 0 aliphatic rings. The molecular weight excluding hydrogens is 167 g/mol. The maximum absolute atomic E-state index is 13.1. The average Bonchev–Trinajstić information content (AvgIpc) is 2.48. The van der Waals surface area contributed by atoms with Crippen LogP contribution in [0.1, 0.15) is 12.5 Å². The van der Waals surface area contributed by atoms with Gasteiger partial charge in [-0.15, -0.1) is 0 Å². The summed E-state index contributed by atoms with van der Waals surface area (Å²) < 4.78 is 13.1. The third-order valence-electron chi connectivity index (χ3n) is 2.27. The predicted molar refractivity (Wildman–Crippen MR) is 52.0 cm³/mol. The molecule has 0 unspecified atom stereocenters. The van der Waals surface area contributed by atoms with Gasteiger partial charge in [0.15, 0.2) is 0 Å². The fourth-order valence-electron chi connectivity index (χ4n) is 1.51.